The van der Waals surface area contributed by atoms with E-state index in [4.69, 9.17) is 0 Å². The molecule has 4 rings (SSSR count). The molecule has 1 saturated heterocycles. The molecular formula is C22H30ClN3O. The SMILES string of the molecule is CC(c1ccc2ccccc2c1)N(CCC(=O)N1CCNCC1)C1CC1.Cl. The van der Waals surface area contributed by atoms with Gasteiger partial charge in [0.05, 0.1) is 0 Å². The van der Waals surface area contributed by atoms with Crippen molar-refractivity contribution in [1.82, 2.24) is 15.1 Å². The van der Waals surface area contributed by atoms with Gasteiger partial charge < -0.3 is 10.2 Å². The molecule has 4 nitrogen and oxygen atoms in total. The molecule has 1 aliphatic carbocycles. The summed E-state index contributed by atoms with van der Waals surface area (Å²) in [6, 6.07) is 16.3. The van der Waals surface area contributed by atoms with E-state index >= 15 is 0 Å². The van der Waals surface area contributed by atoms with E-state index in [-0.39, 0.29) is 12.4 Å². The first-order valence-corrected chi connectivity index (χ1v) is 9.95. The van der Waals surface area contributed by atoms with Crippen molar-refractivity contribution in [2.75, 3.05) is 32.7 Å². The van der Waals surface area contributed by atoms with Crippen molar-refractivity contribution in [2.45, 2.75) is 38.3 Å². The second kappa shape index (κ2) is 9.05. The van der Waals surface area contributed by atoms with E-state index in [1.807, 2.05) is 4.90 Å². The number of carbonyl (C=O) groups excluding carboxylic acids is 1. The average molecular weight is 388 g/mol. The lowest BCUT2D eigenvalue weighted by atomic mass is 10.0. The summed E-state index contributed by atoms with van der Waals surface area (Å²) in [6.45, 7) is 6.70. The third-order valence-electron chi connectivity index (χ3n) is 5.82. The van der Waals surface area contributed by atoms with E-state index in [2.05, 4.69) is 59.6 Å². The fourth-order valence-corrected chi connectivity index (χ4v) is 4.05. The third kappa shape index (κ3) is 4.81. The van der Waals surface area contributed by atoms with E-state index in [1.54, 1.807) is 0 Å². The van der Waals surface area contributed by atoms with E-state index < -0.39 is 0 Å². The van der Waals surface area contributed by atoms with Crippen LogP contribution in [-0.2, 0) is 4.79 Å². The number of benzene rings is 2. The van der Waals surface area contributed by atoms with Crippen LogP contribution in [0.25, 0.3) is 10.8 Å². The first-order chi connectivity index (χ1) is 12.7. The van der Waals surface area contributed by atoms with Gasteiger partial charge >= 0.3 is 0 Å². The van der Waals surface area contributed by atoms with Gasteiger partial charge in [-0.05, 0) is 42.2 Å². The quantitative estimate of drug-likeness (QED) is 0.822. The normalized spacial score (nSPS) is 18.4. The maximum absolute atomic E-state index is 12.6. The fourth-order valence-electron chi connectivity index (χ4n) is 4.05. The number of piperazine rings is 1. The number of amides is 1. The van der Waals surface area contributed by atoms with Gasteiger partial charge in [-0.25, -0.2) is 0 Å². The van der Waals surface area contributed by atoms with Crippen LogP contribution in [0.15, 0.2) is 42.5 Å². The van der Waals surface area contributed by atoms with Crippen molar-refractivity contribution >= 4 is 29.1 Å². The molecule has 1 saturated carbocycles. The van der Waals surface area contributed by atoms with E-state index in [0.29, 0.717) is 24.4 Å². The summed E-state index contributed by atoms with van der Waals surface area (Å²) < 4.78 is 0. The molecule has 27 heavy (non-hydrogen) atoms. The molecule has 2 aromatic carbocycles. The Labute approximate surface area is 168 Å². The standard InChI is InChI=1S/C22H29N3O.ClH/c1-17(19-7-6-18-4-2-3-5-20(18)16-19)25(21-8-9-21)13-10-22(26)24-14-11-23-12-15-24;/h2-7,16-17,21,23H,8-15H2,1H3;1H. The number of carbonyl (C=O) groups is 1. The van der Waals surface area contributed by atoms with Crippen LogP contribution in [0.3, 0.4) is 0 Å². The van der Waals surface area contributed by atoms with Gasteiger partial charge in [-0.3, -0.25) is 9.69 Å². The van der Waals surface area contributed by atoms with Crippen molar-refractivity contribution in [3.05, 3.63) is 48.0 Å². The van der Waals surface area contributed by atoms with Gasteiger partial charge in [0.2, 0.25) is 5.91 Å². The van der Waals surface area contributed by atoms with Crippen molar-refractivity contribution in [2.24, 2.45) is 0 Å². The molecule has 2 fully saturated rings. The molecular weight excluding hydrogens is 358 g/mol. The molecule has 1 N–H and O–H groups in total. The van der Waals surface area contributed by atoms with Crippen LogP contribution >= 0.6 is 12.4 Å². The number of hydrogen-bond acceptors (Lipinski definition) is 3. The lowest BCUT2D eigenvalue weighted by molar-refractivity contribution is -0.132. The summed E-state index contributed by atoms with van der Waals surface area (Å²) in [5.41, 5.74) is 1.35. The average Bonchev–Trinajstić information content (AvgIpc) is 3.53. The monoisotopic (exact) mass is 387 g/mol. The van der Waals surface area contributed by atoms with Crippen LogP contribution < -0.4 is 5.32 Å². The molecule has 1 aliphatic heterocycles. The Morgan fingerprint density at radius 1 is 1.15 bits per heavy atom. The third-order valence-corrected chi connectivity index (χ3v) is 5.82. The van der Waals surface area contributed by atoms with Gasteiger partial charge in [0.15, 0.2) is 0 Å². The number of rotatable bonds is 6. The molecule has 146 valence electrons. The minimum atomic E-state index is 0. The Bertz CT molecular complexity index is 771. The Hall–Kier alpha value is -1.62. The highest BCUT2D eigenvalue weighted by molar-refractivity contribution is 5.85. The lowest BCUT2D eigenvalue weighted by Gasteiger charge is -2.32. The highest BCUT2D eigenvalue weighted by Crippen LogP contribution is 2.35. The second-order valence-corrected chi connectivity index (χ2v) is 7.63. The summed E-state index contributed by atoms with van der Waals surface area (Å²) in [4.78, 5) is 17.1. The summed E-state index contributed by atoms with van der Waals surface area (Å²) in [6.07, 6.45) is 3.16. The Kier molecular flexibility index (Phi) is 6.74. The lowest BCUT2D eigenvalue weighted by Crippen LogP contribution is -2.47. The van der Waals surface area contributed by atoms with Gasteiger partial charge in [0.1, 0.15) is 0 Å². The summed E-state index contributed by atoms with van der Waals surface area (Å²) in [5, 5.41) is 5.90. The fraction of sp³-hybridized carbons (Fsp3) is 0.500. The molecule has 5 heteroatoms. The van der Waals surface area contributed by atoms with Crippen LogP contribution in [-0.4, -0.2) is 54.5 Å². The van der Waals surface area contributed by atoms with Crippen molar-refractivity contribution in [1.29, 1.82) is 0 Å². The van der Waals surface area contributed by atoms with Crippen LogP contribution in [0.1, 0.15) is 37.8 Å². The van der Waals surface area contributed by atoms with Gasteiger partial charge in [-0.15, -0.1) is 12.4 Å². The number of nitrogens with zero attached hydrogens (tertiary/aromatic N) is 2. The van der Waals surface area contributed by atoms with Crippen LogP contribution in [0.4, 0.5) is 0 Å². The highest BCUT2D eigenvalue weighted by Gasteiger charge is 2.33. The maximum atomic E-state index is 12.6. The predicted octanol–water partition coefficient (Wildman–Crippen LogP) is 3.61. The first-order valence-electron chi connectivity index (χ1n) is 9.95. The molecule has 2 aromatic rings. The maximum Gasteiger partial charge on any atom is 0.223 e. The highest BCUT2D eigenvalue weighted by atomic mass is 35.5. The molecule has 1 heterocycles. The molecule has 1 atom stereocenters. The Morgan fingerprint density at radius 2 is 1.85 bits per heavy atom. The van der Waals surface area contributed by atoms with Gasteiger partial charge in [-0.1, -0.05) is 36.4 Å². The first kappa shape index (κ1) is 20.1. The van der Waals surface area contributed by atoms with E-state index in [0.717, 1.165) is 32.7 Å². The zero-order chi connectivity index (χ0) is 17.9. The molecule has 0 radical (unpaired) electrons. The Morgan fingerprint density at radius 3 is 2.56 bits per heavy atom. The van der Waals surface area contributed by atoms with Crippen molar-refractivity contribution in [3.63, 3.8) is 0 Å². The minimum absolute atomic E-state index is 0. The van der Waals surface area contributed by atoms with Crippen molar-refractivity contribution in [3.8, 4) is 0 Å². The van der Waals surface area contributed by atoms with E-state index in [1.165, 1.54) is 29.2 Å². The topological polar surface area (TPSA) is 35.6 Å². The summed E-state index contributed by atoms with van der Waals surface area (Å²) in [5.74, 6) is 0.308. The minimum Gasteiger partial charge on any atom is -0.340 e. The molecule has 0 aromatic heterocycles. The van der Waals surface area contributed by atoms with Gasteiger partial charge in [0.25, 0.3) is 0 Å². The smallest absolute Gasteiger partial charge is 0.223 e. The predicted molar refractivity (Wildman–Crippen MR) is 113 cm³/mol. The second-order valence-electron chi connectivity index (χ2n) is 7.63. The Balaban J connectivity index is 0.00000210. The van der Waals surface area contributed by atoms with Crippen molar-refractivity contribution < 1.29 is 4.79 Å². The molecule has 1 unspecified atom stereocenters. The van der Waals surface area contributed by atoms with Gasteiger partial charge in [0, 0.05) is 51.2 Å². The summed E-state index contributed by atoms with van der Waals surface area (Å²) in [7, 11) is 0. The van der Waals surface area contributed by atoms with Crippen LogP contribution in [0.5, 0.6) is 0 Å². The number of fused-ring (bicyclic) bond motifs is 1. The zero-order valence-corrected chi connectivity index (χ0v) is 16.9. The van der Waals surface area contributed by atoms with Crippen LogP contribution in [0, 0.1) is 0 Å². The summed E-state index contributed by atoms with van der Waals surface area (Å²) >= 11 is 0. The molecule has 2 aliphatic rings. The van der Waals surface area contributed by atoms with E-state index in [9.17, 15) is 4.79 Å². The number of halogens is 1. The largest absolute Gasteiger partial charge is 0.340 e. The zero-order valence-electron chi connectivity index (χ0n) is 16.1. The van der Waals surface area contributed by atoms with Crippen LogP contribution in [0.2, 0.25) is 0 Å². The van der Waals surface area contributed by atoms with Gasteiger partial charge in [-0.2, -0.15) is 0 Å². The molecule has 0 spiro atoms. The molecule has 1 amide bonds. The molecule has 0 bridgehead atoms. The number of hydrogen-bond donors (Lipinski definition) is 1. The number of nitrogens with one attached hydrogen (secondary N) is 1.